The summed E-state index contributed by atoms with van der Waals surface area (Å²) in [7, 11) is 1.61. The molecule has 0 radical (unpaired) electrons. The quantitative estimate of drug-likeness (QED) is 0.590. The summed E-state index contributed by atoms with van der Waals surface area (Å²) >= 11 is 11.8. The van der Waals surface area contributed by atoms with Crippen molar-refractivity contribution in [1.29, 1.82) is 0 Å². The molecule has 3 nitrogen and oxygen atoms in total. The molecule has 2 aromatic rings. The number of halogens is 1. The van der Waals surface area contributed by atoms with Crippen LogP contribution in [0.2, 0.25) is 5.02 Å². The summed E-state index contributed by atoms with van der Waals surface area (Å²) in [5.74, 6) is 0.659. The van der Waals surface area contributed by atoms with Crippen LogP contribution in [0.1, 0.15) is 43.2 Å². The Morgan fingerprint density at radius 3 is 2.63 bits per heavy atom. The van der Waals surface area contributed by atoms with E-state index < -0.39 is 0 Å². The van der Waals surface area contributed by atoms with Crippen LogP contribution in [0.3, 0.4) is 0 Å². The number of anilines is 1. The Balaban J connectivity index is 1.63. The summed E-state index contributed by atoms with van der Waals surface area (Å²) in [4.78, 5) is 0. The molecular formula is C22H27ClN2OS. The summed E-state index contributed by atoms with van der Waals surface area (Å²) in [5, 5.41) is 8.12. The van der Waals surface area contributed by atoms with Gasteiger partial charge in [-0.25, -0.2) is 0 Å². The number of thiocarbonyl (C=S) groups is 1. The minimum absolute atomic E-state index is 0.0735. The zero-order valence-electron chi connectivity index (χ0n) is 16.0. The first kappa shape index (κ1) is 20.0. The highest BCUT2D eigenvalue weighted by molar-refractivity contribution is 7.80. The van der Waals surface area contributed by atoms with Gasteiger partial charge in [-0.3, -0.25) is 0 Å². The van der Waals surface area contributed by atoms with E-state index in [2.05, 4.69) is 41.8 Å². The van der Waals surface area contributed by atoms with E-state index in [1.54, 1.807) is 7.11 Å². The molecule has 0 unspecified atom stereocenters. The number of hydrogen-bond acceptors (Lipinski definition) is 2. The molecular weight excluding hydrogens is 376 g/mol. The lowest BCUT2D eigenvalue weighted by atomic mass is 9.89. The molecule has 5 heteroatoms. The molecule has 144 valence electrons. The molecule has 1 aliphatic carbocycles. The van der Waals surface area contributed by atoms with Crippen molar-refractivity contribution in [3.63, 3.8) is 0 Å². The number of rotatable bonds is 6. The van der Waals surface area contributed by atoms with Crippen LogP contribution in [0.5, 0.6) is 5.75 Å². The Kier molecular flexibility index (Phi) is 6.61. The van der Waals surface area contributed by atoms with Crippen molar-refractivity contribution < 1.29 is 4.74 Å². The fourth-order valence-electron chi connectivity index (χ4n) is 3.89. The van der Waals surface area contributed by atoms with Gasteiger partial charge in [-0.2, -0.15) is 0 Å². The minimum Gasteiger partial charge on any atom is -0.495 e. The van der Waals surface area contributed by atoms with E-state index in [-0.39, 0.29) is 5.54 Å². The second-order valence-electron chi connectivity index (χ2n) is 7.40. The topological polar surface area (TPSA) is 33.3 Å². The molecule has 0 bridgehead atoms. The average Bonchev–Trinajstić information content (AvgIpc) is 3.09. The molecule has 0 amide bonds. The first-order valence-corrected chi connectivity index (χ1v) is 10.3. The maximum atomic E-state index is 6.21. The van der Waals surface area contributed by atoms with Crippen molar-refractivity contribution in [2.45, 2.75) is 51.0 Å². The Morgan fingerprint density at radius 1 is 1.19 bits per heavy atom. The van der Waals surface area contributed by atoms with E-state index in [1.165, 1.54) is 24.0 Å². The highest BCUT2D eigenvalue weighted by atomic mass is 35.5. The van der Waals surface area contributed by atoms with Gasteiger partial charge in [-0.1, -0.05) is 54.3 Å². The molecule has 2 N–H and O–H groups in total. The summed E-state index contributed by atoms with van der Waals surface area (Å²) in [6.07, 6.45) is 6.96. The Morgan fingerprint density at radius 2 is 1.96 bits per heavy atom. The maximum absolute atomic E-state index is 6.21. The van der Waals surface area contributed by atoms with Crippen LogP contribution in [0.4, 0.5) is 5.69 Å². The molecule has 1 saturated carbocycles. The summed E-state index contributed by atoms with van der Waals surface area (Å²) in [6.45, 7) is 2.14. The lowest BCUT2D eigenvalue weighted by molar-refractivity contribution is 0.362. The highest BCUT2D eigenvalue weighted by Crippen LogP contribution is 2.34. The van der Waals surface area contributed by atoms with Gasteiger partial charge in [0, 0.05) is 11.2 Å². The van der Waals surface area contributed by atoms with Crippen LogP contribution >= 0.6 is 23.8 Å². The molecule has 0 saturated heterocycles. The largest absolute Gasteiger partial charge is 0.495 e. The van der Waals surface area contributed by atoms with Crippen molar-refractivity contribution in [3.05, 3.63) is 58.6 Å². The molecule has 0 aromatic heterocycles. The van der Waals surface area contributed by atoms with Gasteiger partial charge in [0.05, 0.1) is 12.1 Å². The first-order chi connectivity index (χ1) is 13.0. The lowest BCUT2D eigenvalue weighted by Crippen LogP contribution is -2.48. The monoisotopic (exact) mass is 402 g/mol. The van der Waals surface area contributed by atoms with Crippen LogP contribution in [0, 0.1) is 6.92 Å². The van der Waals surface area contributed by atoms with Crippen molar-refractivity contribution in [2.24, 2.45) is 0 Å². The zero-order valence-corrected chi connectivity index (χ0v) is 17.6. The second-order valence-corrected chi connectivity index (χ2v) is 8.22. The van der Waals surface area contributed by atoms with E-state index in [9.17, 15) is 0 Å². The van der Waals surface area contributed by atoms with Crippen molar-refractivity contribution in [1.82, 2.24) is 5.32 Å². The minimum atomic E-state index is 0.0735. The van der Waals surface area contributed by atoms with Crippen molar-refractivity contribution in [2.75, 3.05) is 12.4 Å². The van der Waals surface area contributed by atoms with Crippen LogP contribution in [0.25, 0.3) is 0 Å². The Hall–Kier alpha value is -1.78. The molecule has 27 heavy (non-hydrogen) atoms. The van der Waals surface area contributed by atoms with Gasteiger partial charge in [0.1, 0.15) is 5.75 Å². The molecule has 0 heterocycles. The van der Waals surface area contributed by atoms with Gasteiger partial charge in [-0.15, -0.1) is 0 Å². The van der Waals surface area contributed by atoms with Crippen LogP contribution < -0.4 is 15.4 Å². The van der Waals surface area contributed by atoms with Crippen molar-refractivity contribution in [3.8, 4) is 5.75 Å². The SMILES string of the molecule is COc1ccc(NC(=S)NC2(CCc3cccc(C)c3)CCCC2)cc1Cl. The lowest BCUT2D eigenvalue weighted by Gasteiger charge is -2.32. The Bertz CT molecular complexity index is 803. The molecule has 0 atom stereocenters. The van der Waals surface area contributed by atoms with Gasteiger partial charge in [0.2, 0.25) is 0 Å². The third-order valence-corrected chi connectivity index (χ3v) is 5.82. The standard InChI is InChI=1S/C22H27ClN2OS/c1-16-6-5-7-17(14-16)10-13-22(11-3-4-12-22)25-21(27)24-18-8-9-20(26-2)19(23)15-18/h5-9,14-15H,3-4,10-13H2,1-2H3,(H2,24,25,27). The molecule has 2 aromatic carbocycles. The number of hydrogen-bond donors (Lipinski definition) is 2. The highest BCUT2D eigenvalue weighted by Gasteiger charge is 2.34. The van der Waals surface area contributed by atoms with E-state index in [0.29, 0.717) is 15.9 Å². The fourth-order valence-corrected chi connectivity index (χ4v) is 4.48. The maximum Gasteiger partial charge on any atom is 0.171 e. The summed E-state index contributed by atoms with van der Waals surface area (Å²) in [6, 6.07) is 14.4. The van der Waals surface area contributed by atoms with Crippen molar-refractivity contribution >= 4 is 34.6 Å². The molecule has 1 fully saturated rings. The average molecular weight is 403 g/mol. The van der Waals surface area contributed by atoms with Gasteiger partial charge >= 0.3 is 0 Å². The van der Waals surface area contributed by atoms with Gasteiger partial charge in [0.15, 0.2) is 5.11 Å². The van der Waals surface area contributed by atoms with Gasteiger partial charge in [0.25, 0.3) is 0 Å². The predicted octanol–water partition coefficient (Wildman–Crippen LogP) is 5.89. The van der Waals surface area contributed by atoms with Crippen LogP contribution in [-0.4, -0.2) is 17.8 Å². The third-order valence-electron chi connectivity index (χ3n) is 5.32. The summed E-state index contributed by atoms with van der Waals surface area (Å²) in [5.41, 5.74) is 3.65. The summed E-state index contributed by atoms with van der Waals surface area (Å²) < 4.78 is 5.20. The smallest absolute Gasteiger partial charge is 0.171 e. The third kappa shape index (κ3) is 5.36. The van der Waals surface area contributed by atoms with Crippen LogP contribution in [-0.2, 0) is 6.42 Å². The van der Waals surface area contributed by atoms with Gasteiger partial charge in [-0.05, 0) is 68.6 Å². The van der Waals surface area contributed by atoms with E-state index in [1.807, 2.05) is 18.2 Å². The molecule has 0 aliphatic heterocycles. The molecule has 3 rings (SSSR count). The Labute approximate surface area is 172 Å². The first-order valence-electron chi connectivity index (χ1n) is 9.48. The normalized spacial score (nSPS) is 15.4. The predicted molar refractivity (Wildman–Crippen MR) is 118 cm³/mol. The number of benzene rings is 2. The van der Waals surface area contributed by atoms with Gasteiger partial charge < -0.3 is 15.4 Å². The fraction of sp³-hybridized carbons (Fsp3) is 0.409. The number of aryl methyl sites for hydroxylation is 2. The molecule has 1 aliphatic rings. The van der Waals surface area contributed by atoms with E-state index >= 15 is 0 Å². The second kappa shape index (κ2) is 8.94. The molecule has 0 spiro atoms. The van der Waals surface area contributed by atoms with Crippen LogP contribution in [0.15, 0.2) is 42.5 Å². The van der Waals surface area contributed by atoms with E-state index in [4.69, 9.17) is 28.6 Å². The van der Waals surface area contributed by atoms with E-state index in [0.717, 1.165) is 31.4 Å². The zero-order chi connectivity index (χ0) is 19.3. The number of ether oxygens (including phenoxy) is 1. The number of methoxy groups -OCH3 is 1. The number of nitrogens with one attached hydrogen (secondary N) is 2.